The van der Waals surface area contributed by atoms with Gasteiger partial charge in [-0.25, -0.2) is 0 Å². The zero-order valence-corrected chi connectivity index (χ0v) is 9.82. The molecule has 0 radical (unpaired) electrons. The Morgan fingerprint density at radius 1 is 0.611 bits per heavy atom. The van der Waals surface area contributed by atoms with Crippen molar-refractivity contribution >= 4 is 11.7 Å². The minimum Gasteiger partial charge on any atom is -0.382 e. The highest BCUT2D eigenvalue weighted by Crippen LogP contribution is 2.00. The first-order valence-electron chi connectivity index (χ1n) is 5.55. The molecule has 2 rings (SSSR count). The van der Waals surface area contributed by atoms with Gasteiger partial charge in [0.2, 0.25) is 0 Å². The molecule has 0 bridgehead atoms. The Hall–Kier alpha value is -2.62. The maximum Gasteiger partial charge on any atom is 0.153 e. The summed E-state index contributed by atoms with van der Waals surface area (Å²) in [7, 11) is 0. The average Bonchev–Trinajstić information content (AvgIpc) is 2.46. The summed E-state index contributed by atoms with van der Waals surface area (Å²) in [4.78, 5) is 0. The third-order valence-corrected chi connectivity index (χ3v) is 2.40. The number of rotatable bonds is 3. The van der Waals surface area contributed by atoms with Gasteiger partial charge >= 0.3 is 0 Å². The van der Waals surface area contributed by atoms with Gasteiger partial charge in [-0.15, -0.1) is 10.2 Å². The fraction of sp³-hybridized carbons (Fsp3) is 0. The molecular weight excluding hydrogens is 224 g/mol. The predicted octanol–water partition coefficient (Wildman–Crippen LogP) is 1.71. The Labute approximate surface area is 106 Å². The van der Waals surface area contributed by atoms with Crippen molar-refractivity contribution in [3.63, 3.8) is 0 Å². The quantitative estimate of drug-likeness (QED) is 0.485. The van der Waals surface area contributed by atoms with E-state index in [0.717, 1.165) is 11.1 Å². The molecule has 90 valence electrons. The van der Waals surface area contributed by atoms with Crippen molar-refractivity contribution in [1.29, 1.82) is 0 Å². The van der Waals surface area contributed by atoms with Crippen LogP contribution < -0.4 is 11.5 Å². The summed E-state index contributed by atoms with van der Waals surface area (Å²) in [6.07, 6.45) is 0. The number of hydrogen-bond acceptors (Lipinski definition) is 2. The molecular formula is C14H14N4. The minimum absolute atomic E-state index is 0.342. The van der Waals surface area contributed by atoms with Crippen molar-refractivity contribution in [2.24, 2.45) is 21.7 Å². The van der Waals surface area contributed by atoms with Crippen molar-refractivity contribution in [2.45, 2.75) is 0 Å². The van der Waals surface area contributed by atoms with E-state index in [0.29, 0.717) is 11.7 Å². The van der Waals surface area contributed by atoms with Crippen LogP contribution in [0.25, 0.3) is 0 Å². The van der Waals surface area contributed by atoms with Gasteiger partial charge in [0, 0.05) is 11.1 Å². The molecule has 18 heavy (non-hydrogen) atoms. The Kier molecular flexibility index (Phi) is 3.71. The second kappa shape index (κ2) is 5.63. The highest BCUT2D eigenvalue weighted by Gasteiger charge is 1.98. The summed E-state index contributed by atoms with van der Waals surface area (Å²) in [5.74, 6) is 0.684. The molecule has 0 saturated heterocycles. The molecule has 4 N–H and O–H groups in total. The van der Waals surface area contributed by atoms with Crippen LogP contribution >= 0.6 is 0 Å². The topological polar surface area (TPSA) is 76.8 Å². The standard InChI is InChI=1S/C14H14N4/c15-13(11-7-3-1-4-8-11)17-18-14(16)12-9-5-2-6-10-12/h1-10H,(H2,15,17)(H2,16,18). The van der Waals surface area contributed by atoms with E-state index in [1.54, 1.807) is 0 Å². The normalized spacial score (nSPS) is 12.4. The summed E-state index contributed by atoms with van der Waals surface area (Å²) in [6.45, 7) is 0. The van der Waals surface area contributed by atoms with E-state index in [-0.39, 0.29) is 0 Å². The van der Waals surface area contributed by atoms with Crippen molar-refractivity contribution in [3.05, 3.63) is 71.8 Å². The van der Waals surface area contributed by atoms with Crippen LogP contribution in [-0.4, -0.2) is 11.7 Å². The van der Waals surface area contributed by atoms with Gasteiger partial charge in [0.05, 0.1) is 0 Å². The summed E-state index contributed by atoms with van der Waals surface area (Å²) >= 11 is 0. The maximum atomic E-state index is 5.81. The summed E-state index contributed by atoms with van der Waals surface area (Å²) in [6, 6.07) is 18.9. The molecule has 0 unspecified atom stereocenters. The fourth-order valence-electron chi connectivity index (χ4n) is 1.44. The first-order valence-corrected chi connectivity index (χ1v) is 5.55. The highest BCUT2D eigenvalue weighted by molar-refractivity contribution is 6.00. The third kappa shape index (κ3) is 2.95. The van der Waals surface area contributed by atoms with E-state index < -0.39 is 0 Å². The lowest BCUT2D eigenvalue weighted by Crippen LogP contribution is -2.15. The van der Waals surface area contributed by atoms with Gasteiger partial charge in [0.1, 0.15) is 0 Å². The van der Waals surface area contributed by atoms with Crippen LogP contribution in [-0.2, 0) is 0 Å². The third-order valence-electron chi connectivity index (χ3n) is 2.40. The van der Waals surface area contributed by atoms with Crippen LogP contribution in [0.5, 0.6) is 0 Å². The SMILES string of the molecule is N/C(=N\N=C(/N)c1ccccc1)c1ccccc1. The van der Waals surface area contributed by atoms with Gasteiger partial charge in [0.15, 0.2) is 11.7 Å². The molecule has 0 fully saturated rings. The fourth-order valence-corrected chi connectivity index (χ4v) is 1.44. The Morgan fingerprint density at radius 3 is 1.28 bits per heavy atom. The largest absolute Gasteiger partial charge is 0.382 e. The zero-order valence-electron chi connectivity index (χ0n) is 9.82. The lowest BCUT2D eigenvalue weighted by atomic mass is 10.2. The van der Waals surface area contributed by atoms with Crippen molar-refractivity contribution in [3.8, 4) is 0 Å². The summed E-state index contributed by atoms with van der Waals surface area (Å²) < 4.78 is 0. The Bertz CT molecular complexity index is 505. The number of amidine groups is 2. The van der Waals surface area contributed by atoms with Crippen LogP contribution in [0.15, 0.2) is 70.9 Å². The number of benzene rings is 2. The van der Waals surface area contributed by atoms with Gasteiger partial charge < -0.3 is 11.5 Å². The molecule has 0 aromatic heterocycles. The van der Waals surface area contributed by atoms with Crippen molar-refractivity contribution in [1.82, 2.24) is 0 Å². The first kappa shape index (κ1) is 11.9. The molecule has 0 spiro atoms. The molecule has 4 nitrogen and oxygen atoms in total. The molecule has 4 heteroatoms. The van der Waals surface area contributed by atoms with Crippen molar-refractivity contribution in [2.75, 3.05) is 0 Å². The molecule has 0 saturated carbocycles. The van der Waals surface area contributed by atoms with Gasteiger partial charge in [0.25, 0.3) is 0 Å². The number of nitrogens with two attached hydrogens (primary N) is 2. The molecule has 0 aliphatic rings. The second-order valence-electron chi connectivity index (χ2n) is 3.70. The molecule has 2 aromatic carbocycles. The average molecular weight is 238 g/mol. The zero-order chi connectivity index (χ0) is 12.8. The smallest absolute Gasteiger partial charge is 0.153 e. The van der Waals surface area contributed by atoms with E-state index in [4.69, 9.17) is 11.5 Å². The Morgan fingerprint density at radius 2 is 0.944 bits per heavy atom. The summed E-state index contributed by atoms with van der Waals surface area (Å²) in [5.41, 5.74) is 13.3. The van der Waals surface area contributed by atoms with Crippen LogP contribution in [0.3, 0.4) is 0 Å². The van der Waals surface area contributed by atoms with Gasteiger partial charge in [-0.1, -0.05) is 60.7 Å². The molecule has 0 atom stereocenters. The van der Waals surface area contributed by atoms with E-state index in [1.165, 1.54) is 0 Å². The second-order valence-corrected chi connectivity index (χ2v) is 3.70. The van der Waals surface area contributed by atoms with Crippen LogP contribution in [0.1, 0.15) is 11.1 Å². The molecule has 0 heterocycles. The van der Waals surface area contributed by atoms with Crippen LogP contribution in [0, 0.1) is 0 Å². The molecule has 2 aromatic rings. The van der Waals surface area contributed by atoms with Crippen molar-refractivity contribution < 1.29 is 0 Å². The van der Waals surface area contributed by atoms with Gasteiger partial charge in [-0.3, -0.25) is 0 Å². The molecule has 0 aliphatic heterocycles. The lowest BCUT2D eigenvalue weighted by molar-refractivity contribution is 1.20. The molecule has 0 aliphatic carbocycles. The molecule has 0 amide bonds. The first-order chi connectivity index (χ1) is 8.77. The number of hydrogen-bond donors (Lipinski definition) is 2. The predicted molar refractivity (Wildman–Crippen MR) is 74.3 cm³/mol. The van der Waals surface area contributed by atoms with E-state index >= 15 is 0 Å². The highest BCUT2D eigenvalue weighted by atomic mass is 15.3. The van der Waals surface area contributed by atoms with E-state index in [2.05, 4.69) is 10.2 Å². The lowest BCUT2D eigenvalue weighted by Gasteiger charge is -1.99. The van der Waals surface area contributed by atoms with Gasteiger partial charge in [-0.05, 0) is 0 Å². The summed E-state index contributed by atoms with van der Waals surface area (Å²) in [5, 5.41) is 7.86. The number of nitrogens with zero attached hydrogens (tertiary/aromatic N) is 2. The Balaban J connectivity index is 2.20. The van der Waals surface area contributed by atoms with E-state index in [1.807, 2.05) is 60.7 Å². The van der Waals surface area contributed by atoms with Crippen LogP contribution in [0.4, 0.5) is 0 Å². The minimum atomic E-state index is 0.342. The monoisotopic (exact) mass is 238 g/mol. The van der Waals surface area contributed by atoms with Crippen LogP contribution in [0.2, 0.25) is 0 Å². The van der Waals surface area contributed by atoms with Gasteiger partial charge in [-0.2, -0.15) is 0 Å². The van der Waals surface area contributed by atoms with E-state index in [9.17, 15) is 0 Å². The maximum absolute atomic E-state index is 5.81.